The molecule has 3 aromatic carbocycles. The summed E-state index contributed by atoms with van der Waals surface area (Å²) in [6, 6.07) is 19.6. The maximum atomic E-state index is 11.5. The van der Waals surface area contributed by atoms with Gasteiger partial charge in [-0.1, -0.05) is 48.5 Å². The molecule has 1 aromatic heterocycles. The molecule has 7 nitrogen and oxygen atoms in total. The number of nitrogens with zero attached hydrogens (tertiary/aromatic N) is 4. The molecule has 2 N–H and O–H groups in total. The number of nitrogens with one attached hydrogen (secondary N) is 1. The van der Waals surface area contributed by atoms with Crippen LogP contribution in [0.3, 0.4) is 0 Å². The maximum Gasteiger partial charge on any atom is 0.277 e. The number of halogens is 1. The quantitative estimate of drug-likeness (QED) is 0.263. The molecule has 1 amide bonds. The summed E-state index contributed by atoms with van der Waals surface area (Å²) in [6.45, 7) is 4.91. The van der Waals surface area contributed by atoms with Crippen LogP contribution in [0.15, 0.2) is 67.0 Å². The van der Waals surface area contributed by atoms with E-state index in [0.29, 0.717) is 5.95 Å². The molecule has 8 heteroatoms. The first kappa shape index (κ1) is 22.5. The number of aromatic nitrogens is 2. The summed E-state index contributed by atoms with van der Waals surface area (Å²) in [6.07, 6.45) is 4.02. The van der Waals surface area contributed by atoms with Crippen molar-refractivity contribution >= 4 is 45.8 Å². The number of carbonyl (C=O) groups is 1. The van der Waals surface area contributed by atoms with Gasteiger partial charge in [-0.15, -0.1) is 12.4 Å². The first-order valence-electron chi connectivity index (χ1n) is 11.3. The molecule has 6 rings (SSSR count). The largest absolute Gasteiger partial charge is 0.340 e. The first-order chi connectivity index (χ1) is 16.1. The van der Waals surface area contributed by atoms with Crippen LogP contribution in [0.4, 0.5) is 5.95 Å². The lowest BCUT2D eigenvalue weighted by Crippen LogP contribution is -2.56. The molecule has 3 heterocycles. The number of fused-ring (bicyclic) bond motifs is 2. The van der Waals surface area contributed by atoms with Gasteiger partial charge in [0.1, 0.15) is 0 Å². The highest BCUT2D eigenvalue weighted by Crippen LogP contribution is 2.42. The number of hydrogen-bond acceptors (Lipinski definition) is 6. The maximum absolute atomic E-state index is 11.5. The van der Waals surface area contributed by atoms with E-state index in [9.17, 15) is 4.79 Å². The standard InChI is InChI=1S/C26H25N5O2.ClH/c32-24(29-33)20-12-27-25(28-13-20)31-10-9-26(17-31)15-30(16-26)14-23-21-7-3-1-5-18(21)11-19-6-2-4-8-22(19)23;/h1-8,11-13,33H,9-10,14-17H2,(H,29,32);1H. The summed E-state index contributed by atoms with van der Waals surface area (Å²) in [5, 5.41) is 14.0. The zero-order valence-electron chi connectivity index (χ0n) is 18.6. The van der Waals surface area contributed by atoms with Crippen LogP contribution in [0.25, 0.3) is 21.5 Å². The number of carbonyl (C=O) groups excluding carboxylic acids is 1. The van der Waals surface area contributed by atoms with E-state index in [1.807, 2.05) is 0 Å². The van der Waals surface area contributed by atoms with Gasteiger partial charge in [-0.3, -0.25) is 14.9 Å². The lowest BCUT2D eigenvalue weighted by atomic mass is 9.78. The van der Waals surface area contributed by atoms with Crippen LogP contribution in [0.2, 0.25) is 0 Å². The van der Waals surface area contributed by atoms with E-state index in [4.69, 9.17) is 5.21 Å². The van der Waals surface area contributed by atoms with Gasteiger partial charge in [0.15, 0.2) is 0 Å². The van der Waals surface area contributed by atoms with Gasteiger partial charge >= 0.3 is 0 Å². The Bertz CT molecular complexity index is 1300. The van der Waals surface area contributed by atoms with Crippen molar-refractivity contribution in [3.8, 4) is 0 Å². The molecule has 2 fully saturated rings. The van der Waals surface area contributed by atoms with Crippen LogP contribution in [-0.2, 0) is 6.54 Å². The molecule has 1 spiro atoms. The molecule has 2 saturated heterocycles. The lowest BCUT2D eigenvalue weighted by Gasteiger charge is -2.48. The second-order valence-corrected chi connectivity index (χ2v) is 9.33. The van der Waals surface area contributed by atoms with Gasteiger partial charge in [0.25, 0.3) is 5.91 Å². The Labute approximate surface area is 203 Å². The van der Waals surface area contributed by atoms with Gasteiger partial charge in [0.2, 0.25) is 5.95 Å². The van der Waals surface area contributed by atoms with Crippen LogP contribution in [0.1, 0.15) is 22.3 Å². The van der Waals surface area contributed by atoms with Gasteiger partial charge in [0, 0.05) is 50.5 Å². The molecular weight excluding hydrogens is 450 g/mol. The molecule has 0 bridgehead atoms. The summed E-state index contributed by atoms with van der Waals surface area (Å²) in [5.74, 6) is 0.0369. The fraction of sp³-hybridized carbons (Fsp3) is 0.269. The van der Waals surface area contributed by atoms with Crippen molar-refractivity contribution in [2.24, 2.45) is 5.41 Å². The Morgan fingerprint density at radius 3 is 2.21 bits per heavy atom. The first-order valence-corrected chi connectivity index (χ1v) is 11.3. The number of hydrogen-bond donors (Lipinski definition) is 2. The average molecular weight is 476 g/mol. The topological polar surface area (TPSA) is 81.6 Å². The van der Waals surface area contributed by atoms with Crippen LogP contribution in [-0.4, -0.2) is 52.2 Å². The predicted octanol–water partition coefficient (Wildman–Crippen LogP) is 4.04. The molecule has 0 saturated carbocycles. The third-order valence-electron chi connectivity index (χ3n) is 7.11. The highest BCUT2D eigenvalue weighted by molar-refractivity contribution is 6.02. The number of likely N-dealkylation sites (tertiary alicyclic amines) is 1. The molecule has 0 unspecified atom stereocenters. The van der Waals surface area contributed by atoms with E-state index in [2.05, 4.69) is 74.4 Å². The van der Waals surface area contributed by atoms with Crippen molar-refractivity contribution in [1.29, 1.82) is 0 Å². The monoisotopic (exact) mass is 475 g/mol. The van der Waals surface area contributed by atoms with Crippen molar-refractivity contribution in [3.05, 3.63) is 78.1 Å². The fourth-order valence-corrected chi connectivity index (χ4v) is 5.55. The SMILES string of the molecule is Cl.O=C(NO)c1cnc(N2CCC3(CN(Cc4c5ccccc5cc5ccccc45)C3)C2)nc1. The van der Waals surface area contributed by atoms with E-state index < -0.39 is 5.91 Å². The average Bonchev–Trinajstić information content (AvgIpc) is 3.29. The number of amides is 1. The molecule has 0 atom stereocenters. The Morgan fingerprint density at radius 1 is 0.971 bits per heavy atom. The summed E-state index contributed by atoms with van der Waals surface area (Å²) in [5.41, 5.74) is 3.53. The van der Waals surface area contributed by atoms with Crippen LogP contribution >= 0.6 is 12.4 Å². The molecule has 174 valence electrons. The summed E-state index contributed by atoms with van der Waals surface area (Å²) >= 11 is 0. The van der Waals surface area contributed by atoms with Crippen LogP contribution < -0.4 is 10.4 Å². The molecule has 4 aromatic rings. The molecule has 0 aliphatic carbocycles. The third-order valence-corrected chi connectivity index (χ3v) is 7.11. The van der Waals surface area contributed by atoms with Gasteiger partial charge in [0.05, 0.1) is 5.56 Å². The Kier molecular flexibility index (Phi) is 5.85. The smallest absolute Gasteiger partial charge is 0.277 e. The van der Waals surface area contributed by atoms with Crippen LogP contribution in [0.5, 0.6) is 0 Å². The molecular formula is C26H26ClN5O2. The minimum absolute atomic E-state index is 0. The Hall–Kier alpha value is -3.26. The molecule has 2 aliphatic rings. The highest BCUT2D eigenvalue weighted by atomic mass is 35.5. The second-order valence-electron chi connectivity index (χ2n) is 9.33. The highest BCUT2D eigenvalue weighted by Gasteiger charge is 2.48. The van der Waals surface area contributed by atoms with Crippen molar-refractivity contribution < 1.29 is 10.0 Å². The second kappa shape index (κ2) is 8.83. The van der Waals surface area contributed by atoms with Crippen molar-refractivity contribution in [2.75, 3.05) is 31.1 Å². The summed E-state index contributed by atoms with van der Waals surface area (Å²) in [7, 11) is 0. The minimum atomic E-state index is -0.602. The Balaban J connectivity index is 0.00000241. The van der Waals surface area contributed by atoms with Crippen molar-refractivity contribution in [1.82, 2.24) is 20.3 Å². The number of benzene rings is 3. The van der Waals surface area contributed by atoms with E-state index in [0.717, 1.165) is 39.1 Å². The van der Waals surface area contributed by atoms with Gasteiger partial charge in [-0.25, -0.2) is 15.4 Å². The Morgan fingerprint density at radius 2 is 1.59 bits per heavy atom. The fourth-order valence-electron chi connectivity index (χ4n) is 5.55. The summed E-state index contributed by atoms with van der Waals surface area (Å²) < 4.78 is 0. The molecule has 2 aliphatic heterocycles. The van der Waals surface area contributed by atoms with Crippen molar-refractivity contribution in [2.45, 2.75) is 13.0 Å². The van der Waals surface area contributed by atoms with Gasteiger partial charge < -0.3 is 4.90 Å². The minimum Gasteiger partial charge on any atom is -0.340 e. The van der Waals surface area contributed by atoms with Crippen LogP contribution in [0, 0.1) is 5.41 Å². The van der Waals surface area contributed by atoms with E-state index in [1.54, 1.807) is 5.48 Å². The summed E-state index contributed by atoms with van der Waals surface area (Å²) in [4.78, 5) is 24.9. The molecule has 34 heavy (non-hydrogen) atoms. The normalized spacial score (nSPS) is 17.0. The van der Waals surface area contributed by atoms with E-state index in [1.165, 1.54) is 39.5 Å². The van der Waals surface area contributed by atoms with E-state index >= 15 is 0 Å². The zero-order chi connectivity index (χ0) is 22.4. The zero-order valence-corrected chi connectivity index (χ0v) is 19.5. The number of hydroxylamine groups is 1. The van der Waals surface area contributed by atoms with Gasteiger partial charge in [-0.2, -0.15) is 0 Å². The number of rotatable bonds is 4. The third kappa shape index (κ3) is 3.86. The van der Waals surface area contributed by atoms with E-state index in [-0.39, 0.29) is 23.4 Å². The number of anilines is 1. The van der Waals surface area contributed by atoms with Gasteiger partial charge in [-0.05, 0) is 39.6 Å². The predicted molar refractivity (Wildman–Crippen MR) is 135 cm³/mol. The lowest BCUT2D eigenvalue weighted by molar-refractivity contribution is 0.0122. The van der Waals surface area contributed by atoms with Crippen molar-refractivity contribution in [3.63, 3.8) is 0 Å². The molecule has 0 radical (unpaired) electrons.